The summed E-state index contributed by atoms with van der Waals surface area (Å²) in [5, 5.41) is 15.1. The first kappa shape index (κ1) is 26.8. The number of anilines is 2. The third-order valence-corrected chi connectivity index (χ3v) is 5.86. The average molecular weight is 595 g/mol. The summed E-state index contributed by atoms with van der Waals surface area (Å²) in [6, 6.07) is 20.1. The second-order valence-corrected chi connectivity index (χ2v) is 9.07. The molecule has 0 saturated heterocycles. The molecule has 0 radical (unpaired) electrons. The van der Waals surface area contributed by atoms with Crippen molar-refractivity contribution in [2.24, 2.45) is 0 Å². The molecule has 2 N–H and O–H groups in total. The first-order valence-electron chi connectivity index (χ1n) is 11.2. The summed E-state index contributed by atoms with van der Waals surface area (Å²) in [5.74, 6) is 0.0179. The number of hydrogen-bond acceptors (Lipinski definition) is 5. The van der Waals surface area contributed by atoms with E-state index >= 15 is 0 Å². The Morgan fingerprint density at radius 2 is 1.78 bits per heavy atom. The lowest BCUT2D eigenvalue weighted by atomic mass is 10.1. The first-order chi connectivity index (χ1) is 17.3. The van der Waals surface area contributed by atoms with Crippen molar-refractivity contribution in [3.63, 3.8) is 0 Å². The highest BCUT2D eigenvalue weighted by Crippen LogP contribution is 2.35. The van der Waals surface area contributed by atoms with Crippen molar-refractivity contribution in [2.45, 2.75) is 20.8 Å². The van der Waals surface area contributed by atoms with Gasteiger partial charge in [-0.05, 0) is 96.5 Å². The van der Waals surface area contributed by atoms with E-state index in [4.69, 9.17) is 9.47 Å². The molecule has 2 amide bonds. The SMILES string of the molecule is CCOc1cc(/C=C(\C#N)C(=O)Nc2ccccc2)cc(I)c1OCC(=O)Nc1cc(C)ccc1C. The standard InChI is InChI=1S/C28H26IN3O4/c1-4-35-25-15-20(13-21(16-30)28(34)31-22-8-6-5-7-9-22)14-23(29)27(25)36-17-26(33)32-24-12-18(2)10-11-19(24)3/h5-15H,4,17H2,1-3H3,(H,31,34)(H,32,33)/b21-13+. The minimum Gasteiger partial charge on any atom is -0.490 e. The van der Waals surface area contributed by atoms with E-state index in [1.807, 2.05) is 51.1 Å². The Balaban J connectivity index is 1.77. The van der Waals surface area contributed by atoms with Crippen molar-refractivity contribution in [3.05, 3.63) is 86.5 Å². The van der Waals surface area contributed by atoms with Gasteiger partial charge in [0.2, 0.25) is 0 Å². The van der Waals surface area contributed by atoms with Gasteiger partial charge in [0.15, 0.2) is 18.1 Å². The summed E-state index contributed by atoms with van der Waals surface area (Å²) in [6.07, 6.45) is 1.49. The van der Waals surface area contributed by atoms with Gasteiger partial charge in [0.1, 0.15) is 11.6 Å². The van der Waals surface area contributed by atoms with E-state index in [0.717, 1.165) is 16.8 Å². The average Bonchev–Trinajstić information content (AvgIpc) is 2.85. The number of benzene rings is 3. The normalized spacial score (nSPS) is 10.8. The maximum absolute atomic E-state index is 12.6. The van der Waals surface area contributed by atoms with Crippen molar-refractivity contribution >= 4 is 51.9 Å². The van der Waals surface area contributed by atoms with Gasteiger partial charge in [-0.3, -0.25) is 9.59 Å². The minimum atomic E-state index is -0.514. The molecule has 0 unspecified atom stereocenters. The number of halogens is 1. The molecule has 0 fully saturated rings. The van der Waals surface area contributed by atoms with Crippen molar-refractivity contribution in [2.75, 3.05) is 23.8 Å². The van der Waals surface area contributed by atoms with E-state index < -0.39 is 5.91 Å². The van der Waals surface area contributed by atoms with Crippen molar-refractivity contribution in [1.82, 2.24) is 0 Å². The van der Waals surface area contributed by atoms with Gasteiger partial charge in [-0.1, -0.05) is 30.3 Å². The number of aryl methyl sites for hydroxylation is 2. The molecule has 7 nitrogen and oxygen atoms in total. The number of hydrogen-bond donors (Lipinski definition) is 2. The van der Waals surface area contributed by atoms with Crippen molar-refractivity contribution in [3.8, 4) is 17.6 Å². The van der Waals surface area contributed by atoms with Crippen LogP contribution in [0.15, 0.2) is 66.2 Å². The summed E-state index contributed by atoms with van der Waals surface area (Å²) in [4.78, 5) is 25.1. The summed E-state index contributed by atoms with van der Waals surface area (Å²) in [5.41, 5.74) is 3.87. The van der Waals surface area contributed by atoms with E-state index in [1.165, 1.54) is 6.08 Å². The van der Waals surface area contributed by atoms with Crippen LogP contribution in [0.1, 0.15) is 23.6 Å². The van der Waals surface area contributed by atoms with Crippen LogP contribution < -0.4 is 20.1 Å². The quantitative estimate of drug-likeness (QED) is 0.183. The van der Waals surface area contributed by atoms with Crippen LogP contribution in [0.4, 0.5) is 11.4 Å². The lowest BCUT2D eigenvalue weighted by molar-refractivity contribution is -0.118. The van der Waals surface area contributed by atoms with Gasteiger partial charge in [-0.15, -0.1) is 0 Å². The fourth-order valence-electron chi connectivity index (χ4n) is 3.30. The number of nitriles is 1. The van der Waals surface area contributed by atoms with Gasteiger partial charge in [0, 0.05) is 11.4 Å². The van der Waals surface area contributed by atoms with Crippen LogP contribution in [0.25, 0.3) is 6.08 Å². The van der Waals surface area contributed by atoms with Gasteiger partial charge < -0.3 is 20.1 Å². The number of carbonyl (C=O) groups is 2. The van der Waals surface area contributed by atoms with Gasteiger partial charge in [0.05, 0.1) is 10.2 Å². The molecule has 3 aromatic carbocycles. The van der Waals surface area contributed by atoms with Gasteiger partial charge in [0.25, 0.3) is 11.8 Å². The molecule has 3 rings (SSSR count). The number of carbonyl (C=O) groups excluding carboxylic acids is 2. The second-order valence-electron chi connectivity index (χ2n) is 7.91. The Bertz CT molecular complexity index is 1330. The minimum absolute atomic E-state index is 0.0568. The summed E-state index contributed by atoms with van der Waals surface area (Å²) in [6.45, 7) is 5.88. The van der Waals surface area contributed by atoms with Crippen LogP contribution in [0.3, 0.4) is 0 Å². The topological polar surface area (TPSA) is 100 Å². The third kappa shape index (κ3) is 7.33. The van der Waals surface area contributed by atoms with Gasteiger partial charge >= 0.3 is 0 Å². The van der Waals surface area contributed by atoms with Crippen LogP contribution in [0.2, 0.25) is 0 Å². The summed E-state index contributed by atoms with van der Waals surface area (Å²) in [7, 11) is 0. The van der Waals surface area contributed by atoms with Crippen molar-refractivity contribution in [1.29, 1.82) is 5.26 Å². The zero-order valence-corrected chi connectivity index (χ0v) is 22.4. The fraction of sp³-hybridized carbons (Fsp3) is 0.179. The molecular formula is C28H26IN3O4. The summed E-state index contributed by atoms with van der Waals surface area (Å²) >= 11 is 2.08. The molecule has 0 atom stereocenters. The van der Waals surface area contributed by atoms with E-state index in [9.17, 15) is 14.9 Å². The molecule has 0 aliphatic heterocycles. The number of amides is 2. The molecule has 0 bridgehead atoms. The largest absolute Gasteiger partial charge is 0.490 e. The van der Waals surface area contributed by atoms with Crippen molar-refractivity contribution < 1.29 is 19.1 Å². The molecular weight excluding hydrogens is 569 g/mol. The smallest absolute Gasteiger partial charge is 0.266 e. The number of nitrogens with one attached hydrogen (secondary N) is 2. The van der Waals surface area contributed by atoms with Gasteiger partial charge in [-0.25, -0.2) is 0 Å². The molecule has 0 heterocycles. The third-order valence-electron chi connectivity index (χ3n) is 5.05. The molecule has 0 spiro atoms. The molecule has 0 aliphatic rings. The van der Waals surface area contributed by atoms with Crippen LogP contribution in [0.5, 0.6) is 11.5 Å². The molecule has 36 heavy (non-hydrogen) atoms. The monoisotopic (exact) mass is 595 g/mol. The predicted molar refractivity (Wildman–Crippen MR) is 149 cm³/mol. The maximum atomic E-state index is 12.6. The Morgan fingerprint density at radius 3 is 2.47 bits per heavy atom. The number of para-hydroxylation sites is 1. The highest BCUT2D eigenvalue weighted by atomic mass is 127. The van der Waals surface area contributed by atoms with Gasteiger partial charge in [-0.2, -0.15) is 5.26 Å². The molecule has 0 aromatic heterocycles. The van der Waals surface area contributed by atoms with Crippen LogP contribution in [-0.2, 0) is 9.59 Å². The Hall–Kier alpha value is -3.84. The lowest BCUT2D eigenvalue weighted by Crippen LogP contribution is -2.21. The number of rotatable bonds is 9. The van der Waals surface area contributed by atoms with E-state index in [1.54, 1.807) is 36.4 Å². The Labute approximate surface area is 224 Å². The zero-order valence-electron chi connectivity index (χ0n) is 20.2. The molecule has 0 saturated carbocycles. The molecule has 184 valence electrons. The number of ether oxygens (including phenoxy) is 2. The zero-order chi connectivity index (χ0) is 26.1. The Morgan fingerprint density at radius 1 is 1.03 bits per heavy atom. The molecule has 8 heteroatoms. The highest BCUT2D eigenvalue weighted by Gasteiger charge is 2.16. The predicted octanol–water partition coefficient (Wildman–Crippen LogP) is 5.87. The van der Waals surface area contributed by atoms with E-state index in [0.29, 0.717) is 32.9 Å². The molecule has 0 aliphatic carbocycles. The lowest BCUT2D eigenvalue weighted by Gasteiger charge is -2.15. The van der Waals surface area contributed by atoms with Crippen LogP contribution >= 0.6 is 22.6 Å². The fourth-order valence-corrected chi connectivity index (χ4v) is 4.09. The molecule has 3 aromatic rings. The first-order valence-corrected chi connectivity index (χ1v) is 12.3. The Kier molecular flexibility index (Phi) is 9.47. The van der Waals surface area contributed by atoms with Crippen LogP contribution in [0, 0.1) is 28.7 Å². The number of nitrogens with zero attached hydrogens (tertiary/aromatic N) is 1. The van der Waals surface area contributed by atoms with E-state index in [2.05, 4.69) is 33.2 Å². The van der Waals surface area contributed by atoms with Crippen LogP contribution in [-0.4, -0.2) is 25.0 Å². The summed E-state index contributed by atoms with van der Waals surface area (Å²) < 4.78 is 12.2. The highest BCUT2D eigenvalue weighted by molar-refractivity contribution is 14.1. The second kappa shape index (κ2) is 12.7. The van der Waals surface area contributed by atoms with E-state index in [-0.39, 0.29) is 18.1 Å². The maximum Gasteiger partial charge on any atom is 0.266 e.